The molecule has 0 unspecified atom stereocenters. The first kappa shape index (κ1) is 25.2. The van der Waals surface area contributed by atoms with Crippen LogP contribution in [0.3, 0.4) is 0 Å². The van der Waals surface area contributed by atoms with Gasteiger partial charge in [0.05, 0.1) is 12.7 Å². The van der Waals surface area contributed by atoms with Crippen molar-refractivity contribution < 1.29 is 14.6 Å². The minimum atomic E-state index is -0.560. The van der Waals surface area contributed by atoms with E-state index in [9.17, 15) is 9.90 Å². The van der Waals surface area contributed by atoms with Crippen molar-refractivity contribution in [3.8, 4) is 0 Å². The number of hydrogen-bond donors (Lipinski definition) is 1. The lowest BCUT2D eigenvalue weighted by Gasteiger charge is -2.40. The molecular weight excluding hydrogens is 432 g/mol. The Morgan fingerprint density at radius 2 is 1.88 bits per heavy atom. The van der Waals surface area contributed by atoms with Gasteiger partial charge in [-0.1, -0.05) is 26.7 Å². The largest absolute Gasteiger partial charge is 0.391 e. The van der Waals surface area contributed by atoms with Crippen LogP contribution in [0, 0.1) is 24.2 Å². The Balaban J connectivity index is 1.47. The SMILES string of the molecule is Cc1ccc(CN2CC[C@H]3CC(=O)N(C4CCCC4)C[C@H](O)C(C)(C)COCCC[C@H]3C2)s1. The highest BCUT2D eigenvalue weighted by Crippen LogP contribution is 2.34. The van der Waals surface area contributed by atoms with Crippen molar-refractivity contribution in [2.75, 3.05) is 32.8 Å². The summed E-state index contributed by atoms with van der Waals surface area (Å²) in [6.45, 7) is 11.2. The minimum Gasteiger partial charge on any atom is -0.391 e. The van der Waals surface area contributed by atoms with Crippen molar-refractivity contribution in [2.24, 2.45) is 17.3 Å². The van der Waals surface area contributed by atoms with Crippen LogP contribution in [0.15, 0.2) is 12.1 Å². The number of ether oxygens (including phenoxy) is 1. The van der Waals surface area contributed by atoms with Crippen LogP contribution in [0.1, 0.15) is 75.0 Å². The van der Waals surface area contributed by atoms with Gasteiger partial charge in [-0.15, -0.1) is 11.3 Å². The van der Waals surface area contributed by atoms with Crippen molar-refractivity contribution in [2.45, 2.75) is 90.8 Å². The standard InChI is InChI=1S/C27H44N2O3S/c1-20-10-11-24(33-20)17-28-13-12-21-15-26(31)29(23-8-4-5-9-23)18-25(30)27(2,3)19-32-14-6-7-22(21)16-28/h10-11,21-23,25,30H,4-9,12-19H2,1-3H3/t21-,22-,25-/m0/s1. The minimum absolute atomic E-state index is 0.272. The average molecular weight is 477 g/mol. The number of likely N-dealkylation sites (tertiary alicyclic amines) is 1. The molecule has 3 heterocycles. The molecule has 1 aromatic heterocycles. The highest BCUT2D eigenvalue weighted by atomic mass is 32.1. The van der Waals surface area contributed by atoms with Crippen LogP contribution in [-0.4, -0.2) is 65.8 Å². The summed E-state index contributed by atoms with van der Waals surface area (Å²) in [5.74, 6) is 1.25. The predicted molar refractivity (Wildman–Crippen MR) is 134 cm³/mol. The zero-order chi connectivity index (χ0) is 23.4. The molecule has 1 aromatic rings. The predicted octanol–water partition coefficient (Wildman–Crippen LogP) is 4.85. The van der Waals surface area contributed by atoms with Gasteiger partial charge >= 0.3 is 0 Å². The van der Waals surface area contributed by atoms with E-state index in [0.717, 1.165) is 58.3 Å². The van der Waals surface area contributed by atoms with Crippen LogP contribution in [0.5, 0.6) is 0 Å². The number of fused-ring (bicyclic) bond motifs is 1. The third kappa shape index (κ3) is 6.59. The van der Waals surface area contributed by atoms with Crippen LogP contribution in [0.4, 0.5) is 0 Å². The summed E-state index contributed by atoms with van der Waals surface area (Å²) in [6, 6.07) is 4.78. The number of β-amino-alcohol motifs (C(OH)–C–C–N with tert-alkyl or cyclic N) is 1. The van der Waals surface area contributed by atoms with Gasteiger partial charge < -0.3 is 14.7 Å². The molecule has 5 nitrogen and oxygen atoms in total. The third-order valence-corrected chi connectivity index (χ3v) is 9.27. The van der Waals surface area contributed by atoms with Gasteiger partial charge in [-0.05, 0) is 69.5 Å². The van der Waals surface area contributed by atoms with Crippen molar-refractivity contribution in [1.82, 2.24) is 9.80 Å². The summed E-state index contributed by atoms with van der Waals surface area (Å²) in [7, 11) is 0. The summed E-state index contributed by atoms with van der Waals surface area (Å²) in [5.41, 5.74) is -0.354. The van der Waals surface area contributed by atoms with Crippen LogP contribution >= 0.6 is 11.3 Å². The lowest BCUT2D eigenvalue weighted by Crippen LogP contribution is -2.49. The molecule has 6 heteroatoms. The first-order valence-electron chi connectivity index (χ1n) is 13.1. The summed E-state index contributed by atoms with van der Waals surface area (Å²) < 4.78 is 6.05. The zero-order valence-electron chi connectivity index (χ0n) is 20.9. The van der Waals surface area contributed by atoms with Crippen LogP contribution in [-0.2, 0) is 16.1 Å². The van der Waals surface area contributed by atoms with Crippen molar-refractivity contribution >= 4 is 17.2 Å². The Morgan fingerprint density at radius 1 is 1.09 bits per heavy atom. The molecule has 1 N–H and O–H groups in total. The maximum atomic E-state index is 13.7. The summed E-state index contributed by atoms with van der Waals surface area (Å²) in [5, 5.41) is 11.1. The molecule has 186 valence electrons. The molecule has 0 bridgehead atoms. The second-order valence-electron chi connectivity index (χ2n) is 11.4. The maximum Gasteiger partial charge on any atom is 0.223 e. The van der Waals surface area contributed by atoms with E-state index in [0.29, 0.717) is 37.5 Å². The number of thiophene rings is 1. The Morgan fingerprint density at radius 3 is 2.61 bits per heavy atom. The quantitative estimate of drug-likeness (QED) is 0.677. The molecule has 4 rings (SSSR count). The van der Waals surface area contributed by atoms with Gasteiger partial charge in [0, 0.05) is 53.9 Å². The van der Waals surface area contributed by atoms with Crippen LogP contribution < -0.4 is 0 Å². The van der Waals surface area contributed by atoms with Crippen molar-refractivity contribution in [3.05, 3.63) is 21.9 Å². The number of aliphatic hydroxyl groups excluding tert-OH is 1. The van der Waals surface area contributed by atoms with Crippen LogP contribution in [0.2, 0.25) is 0 Å². The van der Waals surface area contributed by atoms with Gasteiger partial charge in [0.25, 0.3) is 0 Å². The number of aliphatic hydroxyl groups is 1. The van der Waals surface area contributed by atoms with Crippen molar-refractivity contribution in [1.29, 1.82) is 0 Å². The van der Waals surface area contributed by atoms with E-state index in [2.05, 4.69) is 42.7 Å². The highest BCUT2D eigenvalue weighted by molar-refractivity contribution is 7.11. The Labute approximate surface area is 204 Å². The van der Waals surface area contributed by atoms with E-state index in [4.69, 9.17) is 4.74 Å². The van der Waals surface area contributed by atoms with E-state index < -0.39 is 6.10 Å². The molecule has 2 aliphatic heterocycles. The van der Waals surface area contributed by atoms with E-state index in [-0.39, 0.29) is 11.3 Å². The molecule has 0 spiro atoms. The Bertz CT molecular complexity index is 773. The molecule has 1 amide bonds. The fourth-order valence-corrected chi connectivity index (χ4v) is 6.94. The van der Waals surface area contributed by atoms with Gasteiger partial charge in [-0.25, -0.2) is 0 Å². The summed E-state index contributed by atoms with van der Waals surface area (Å²) in [6.07, 6.45) is 7.87. The Hall–Kier alpha value is -0.950. The number of piperidine rings is 1. The molecule has 1 aliphatic carbocycles. The zero-order valence-corrected chi connectivity index (χ0v) is 21.7. The number of hydrogen-bond acceptors (Lipinski definition) is 5. The molecule has 3 aliphatic rings. The maximum absolute atomic E-state index is 13.7. The number of nitrogens with zero attached hydrogens (tertiary/aromatic N) is 2. The van der Waals surface area contributed by atoms with E-state index in [1.807, 2.05) is 11.3 Å². The second kappa shape index (κ2) is 11.2. The van der Waals surface area contributed by atoms with Crippen molar-refractivity contribution in [3.63, 3.8) is 0 Å². The monoisotopic (exact) mass is 476 g/mol. The number of rotatable bonds is 3. The fraction of sp³-hybridized carbons (Fsp3) is 0.815. The van der Waals surface area contributed by atoms with Gasteiger partial charge in [-0.3, -0.25) is 9.69 Å². The summed E-state index contributed by atoms with van der Waals surface area (Å²) >= 11 is 1.90. The topological polar surface area (TPSA) is 53.0 Å². The first-order valence-corrected chi connectivity index (χ1v) is 14.0. The lowest BCUT2D eigenvalue weighted by atomic mass is 9.80. The van der Waals surface area contributed by atoms with E-state index in [1.165, 1.54) is 22.6 Å². The van der Waals surface area contributed by atoms with E-state index >= 15 is 0 Å². The molecule has 33 heavy (non-hydrogen) atoms. The average Bonchev–Trinajstić information content (AvgIpc) is 3.44. The van der Waals surface area contributed by atoms with Crippen LogP contribution in [0.25, 0.3) is 0 Å². The number of amides is 1. The normalized spacial score (nSPS) is 31.0. The number of aryl methyl sites for hydroxylation is 1. The first-order chi connectivity index (χ1) is 15.8. The van der Waals surface area contributed by atoms with Gasteiger partial charge in [0.2, 0.25) is 5.91 Å². The highest BCUT2D eigenvalue weighted by Gasteiger charge is 2.37. The molecule has 3 fully saturated rings. The molecule has 3 atom stereocenters. The van der Waals surface area contributed by atoms with Gasteiger partial charge in [0.1, 0.15) is 0 Å². The van der Waals surface area contributed by atoms with E-state index in [1.54, 1.807) is 0 Å². The Kier molecular flexibility index (Phi) is 8.53. The molecule has 0 radical (unpaired) electrons. The molecule has 2 saturated heterocycles. The van der Waals surface area contributed by atoms with Gasteiger partial charge in [0.15, 0.2) is 0 Å². The number of carbonyl (C=O) groups is 1. The van der Waals surface area contributed by atoms with Gasteiger partial charge in [-0.2, -0.15) is 0 Å². The fourth-order valence-electron chi connectivity index (χ4n) is 6.01. The third-order valence-electron chi connectivity index (χ3n) is 8.28. The smallest absolute Gasteiger partial charge is 0.223 e. The summed E-state index contributed by atoms with van der Waals surface area (Å²) in [4.78, 5) is 21.1. The molecular formula is C27H44N2O3S. The lowest BCUT2D eigenvalue weighted by molar-refractivity contribution is -0.139. The molecule has 1 saturated carbocycles. The molecule has 0 aromatic carbocycles. The number of carbonyl (C=O) groups excluding carboxylic acids is 1. The second-order valence-corrected chi connectivity index (χ2v) is 12.8.